The van der Waals surface area contributed by atoms with Crippen molar-refractivity contribution < 1.29 is 0 Å². The Hall–Kier alpha value is -1.16. The fraction of sp³-hybridized carbons (Fsp3) is 0.636. The first-order chi connectivity index (χ1) is 7.31. The van der Waals surface area contributed by atoms with Gasteiger partial charge < -0.3 is 10.6 Å². The fourth-order valence-electron chi connectivity index (χ4n) is 1.87. The Morgan fingerprint density at radius 1 is 1.40 bits per heavy atom. The van der Waals surface area contributed by atoms with Crippen LogP contribution >= 0.6 is 0 Å². The third kappa shape index (κ3) is 2.26. The predicted octanol–water partition coefficient (Wildman–Crippen LogP) is 1.14. The summed E-state index contributed by atoms with van der Waals surface area (Å²) in [5.74, 6) is 1.37. The first-order valence-electron chi connectivity index (χ1n) is 5.58. The Bertz CT molecular complexity index is 320. The largest absolute Gasteiger partial charge is 0.357 e. The van der Waals surface area contributed by atoms with Crippen LogP contribution in [-0.4, -0.2) is 29.6 Å². The van der Waals surface area contributed by atoms with Gasteiger partial charge >= 0.3 is 0 Å². The highest BCUT2D eigenvalue weighted by Crippen LogP contribution is 2.20. The molecule has 2 N–H and O–H groups in total. The molecule has 0 radical (unpaired) electrons. The summed E-state index contributed by atoms with van der Waals surface area (Å²) in [5, 5.41) is 0. The minimum absolute atomic E-state index is 0.314. The number of aromatic nitrogens is 2. The zero-order valence-corrected chi connectivity index (χ0v) is 9.19. The molecule has 0 saturated carbocycles. The summed E-state index contributed by atoms with van der Waals surface area (Å²) in [6, 6.07) is 2.07. The molecule has 0 spiro atoms. The summed E-state index contributed by atoms with van der Waals surface area (Å²) in [6.07, 6.45) is 4.19. The van der Waals surface area contributed by atoms with E-state index in [1.807, 2.05) is 0 Å². The molecular formula is C11H18N4. The van der Waals surface area contributed by atoms with Gasteiger partial charge in [0.05, 0.1) is 0 Å². The lowest BCUT2D eigenvalue weighted by Crippen LogP contribution is -2.20. The molecule has 0 aromatic carbocycles. The maximum Gasteiger partial charge on any atom is 0.132 e. The van der Waals surface area contributed by atoms with Gasteiger partial charge in [0.1, 0.15) is 12.1 Å². The van der Waals surface area contributed by atoms with Crippen molar-refractivity contribution in [3.63, 3.8) is 0 Å². The van der Waals surface area contributed by atoms with E-state index in [-0.39, 0.29) is 0 Å². The lowest BCUT2D eigenvalue weighted by atomic mass is 10.1. The van der Waals surface area contributed by atoms with E-state index >= 15 is 0 Å². The van der Waals surface area contributed by atoms with E-state index in [1.165, 1.54) is 12.8 Å². The lowest BCUT2D eigenvalue weighted by Gasteiger charge is -2.17. The average Bonchev–Trinajstić information content (AvgIpc) is 2.82. The fourth-order valence-corrected chi connectivity index (χ4v) is 1.87. The molecule has 1 aliphatic rings. The van der Waals surface area contributed by atoms with E-state index in [2.05, 4.69) is 27.9 Å². The summed E-state index contributed by atoms with van der Waals surface area (Å²) in [4.78, 5) is 10.9. The van der Waals surface area contributed by atoms with E-state index in [9.17, 15) is 0 Å². The van der Waals surface area contributed by atoms with E-state index in [0.717, 1.165) is 24.6 Å². The van der Waals surface area contributed by atoms with Gasteiger partial charge in [0.2, 0.25) is 0 Å². The van der Waals surface area contributed by atoms with E-state index in [1.54, 1.807) is 6.33 Å². The molecule has 1 atom stereocenters. The van der Waals surface area contributed by atoms with Gasteiger partial charge in [-0.25, -0.2) is 9.97 Å². The van der Waals surface area contributed by atoms with Crippen molar-refractivity contribution in [2.45, 2.75) is 25.7 Å². The molecule has 1 saturated heterocycles. The van der Waals surface area contributed by atoms with Crippen molar-refractivity contribution in [1.29, 1.82) is 0 Å². The molecule has 1 aromatic rings. The van der Waals surface area contributed by atoms with E-state index < -0.39 is 0 Å². The maximum atomic E-state index is 5.63. The first kappa shape index (κ1) is 10.4. The SMILES string of the molecule is CC(CN)c1cc(N2CCCC2)ncn1. The number of nitrogens with zero attached hydrogens (tertiary/aromatic N) is 3. The number of anilines is 1. The highest BCUT2D eigenvalue weighted by molar-refractivity contribution is 5.40. The van der Waals surface area contributed by atoms with Gasteiger partial charge in [-0.1, -0.05) is 6.92 Å². The quantitative estimate of drug-likeness (QED) is 0.805. The standard InChI is InChI=1S/C11H18N4/c1-9(7-12)10-6-11(14-8-13-10)15-4-2-3-5-15/h6,8-9H,2-5,7,12H2,1H3. The van der Waals surface area contributed by atoms with Gasteiger partial charge in [-0.2, -0.15) is 0 Å². The van der Waals surface area contributed by atoms with Gasteiger partial charge in [-0.3, -0.25) is 0 Å². The molecule has 2 heterocycles. The second-order valence-corrected chi connectivity index (χ2v) is 4.13. The first-order valence-corrected chi connectivity index (χ1v) is 5.58. The molecule has 2 rings (SSSR count). The van der Waals surface area contributed by atoms with Crippen molar-refractivity contribution in [2.75, 3.05) is 24.5 Å². The van der Waals surface area contributed by atoms with Crippen molar-refractivity contribution >= 4 is 5.82 Å². The molecule has 82 valence electrons. The zero-order valence-electron chi connectivity index (χ0n) is 9.19. The molecule has 4 heteroatoms. The molecule has 15 heavy (non-hydrogen) atoms. The second-order valence-electron chi connectivity index (χ2n) is 4.13. The highest BCUT2D eigenvalue weighted by Gasteiger charge is 2.15. The van der Waals surface area contributed by atoms with Crippen LogP contribution in [0.25, 0.3) is 0 Å². The van der Waals surface area contributed by atoms with Crippen molar-refractivity contribution in [3.8, 4) is 0 Å². The summed E-state index contributed by atoms with van der Waals surface area (Å²) in [5.41, 5.74) is 6.68. The minimum Gasteiger partial charge on any atom is -0.357 e. The summed E-state index contributed by atoms with van der Waals surface area (Å²) in [6.45, 7) is 4.97. The van der Waals surface area contributed by atoms with Crippen LogP contribution in [0.4, 0.5) is 5.82 Å². The van der Waals surface area contributed by atoms with Crippen LogP contribution in [0, 0.1) is 0 Å². The third-order valence-corrected chi connectivity index (χ3v) is 2.96. The van der Waals surface area contributed by atoms with Gasteiger partial charge in [0.25, 0.3) is 0 Å². The summed E-state index contributed by atoms with van der Waals surface area (Å²) >= 11 is 0. The van der Waals surface area contributed by atoms with Crippen LogP contribution in [-0.2, 0) is 0 Å². The maximum absolute atomic E-state index is 5.63. The zero-order chi connectivity index (χ0) is 10.7. The Labute approximate surface area is 90.5 Å². The third-order valence-electron chi connectivity index (χ3n) is 2.96. The molecule has 1 aromatic heterocycles. The van der Waals surface area contributed by atoms with Crippen molar-refractivity contribution in [3.05, 3.63) is 18.1 Å². The predicted molar refractivity (Wildman–Crippen MR) is 60.9 cm³/mol. The van der Waals surface area contributed by atoms with Crippen LogP contribution in [0.15, 0.2) is 12.4 Å². The van der Waals surface area contributed by atoms with Crippen molar-refractivity contribution in [2.24, 2.45) is 5.73 Å². The Morgan fingerprint density at radius 3 is 2.80 bits per heavy atom. The molecule has 1 fully saturated rings. The summed E-state index contributed by atoms with van der Waals surface area (Å²) < 4.78 is 0. The molecule has 0 bridgehead atoms. The van der Waals surface area contributed by atoms with Crippen molar-refractivity contribution in [1.82, 2.24) is 9.97 Å². The Balaban J connectivity index is 2.18. The van der Waals surface area contributed by atoms with E-state index in [4.69, 9.17) is 5.73 Å². The van der Waals surface area contributed by atoms with E-state index in [0.29, 0.717) is 12.5 Å². The number of nitrogens with two attached hydrogens (primary N) is 1. The smallest absolute Gasteiger partial charge is 0.132 e. The second kappa shape index (κ2) is 4.57. The molecule has 0 amide bonds. The molecular weight excluding hydrogens is 188 g/mol. The van der Waals surface area contributed by atoms with Crippen LogP contribution in [0.1, 0.15) is 31.4 Å². The van der Waals surface area contributed by atoms with Gasteiger partial charge in [-0.05, 0) is 12.8 Å². The number of hydrogen-bond acceptors (Lipinski definition) is 4. The molecule has 1 unspecified atom stereocenters. The monoisotopic (exact) mass is 206 g/mol. The normalized spacial score (nSPS) is 18.1. The van der Waals surface area contributed by atoms with Gasteiger partial charge in [-0.15, -0.1) is 0 Å². The Kier molecular flexibility index (Phi) is 3.16. The highest BCUT2D eigenvalue weighted by atomic mass is 15.2. The Morgan fingerprint density at radius 2 is 2.13 bits per heavy atom. The molecule has 1 aliphatic heterocycles. The topological polar surface area (TPSA) is 55.0 Å². The lowest BCUT2D eigenvalue weighted by molar-refractivity contribution is 0.738. The minimum atomic E-state index is 0.314. The number of rotatable bonds is 3. The molecule has 4 nitrogen and oxygen atoms in total. The molecule has 0 aliphatic carbocycles. The average molecular weight is 206 g/mol. The van der Waals surface area contributed by atoms with Crippen LogP contribution in [0.3, 0.4) is 0 Å². The van der Waals surface area contributed by atoms with Gasteiger partial charge in [0.15, 0.2) is 0 Å². The summed E-state index contributed by atoms with van der Waals surface area (Å²) in [7, 11) is 0. The van der Waals surface area contributed by atoms with Crippen LogP contribution in [0.2, 0.25) is 0 Å². The number of hydrogen-bond donors (Lipinski definition) is 1. The van der Waals surface area contributed by atoms with Crippen LogP contribution < -0.4 is 10.6 Å². The van der Waals surface area contributed by atoms with Crippen LogP contribution in [0.5, 0.6) is 0 Å². The van der Waals surface area contributed by atoms with Gasteiger partial charge in [0, 0.05) is 37.3 Å².